The van der Waals surface area contributed by atoms with Crippen LogP contribution in [0.4, 0.5) is 0 Å². The van der Waals surface area contributed by atoms with Crippen LogP contribution in [0.2, 0.25) is 5.82 Å². The second kappa shape index (κ2) is 7.53. The molecule has 0 spiro atoms. The topological polar surface area (TPSA) is 0 Å². The summed E-state index contributed by atoms with van der Waals surface area (Å²) < 4.78 is 0. The normalized spacial score (nSPS) is 32.1. The summed E-state index contributed by atoms with van der Waals surface area (Å²) in [5, 5.41) is 0.171. The first-order chi connectivity index (χ1) is 7.68. The fourth-order valence-electron chi connectivity index (χ4n) is 2.35. The third-order valence-corrected chi connectivity index (χ3v) is 4.35. The molecule has 1 aliphatic carbocycles. The zero-order chi connectivity index (χ0) is 11.5. The van der Waals surface area contributed by atoms with Crippen molar-refractivity contribution in [1.82, 2.24) is 0 Å². The van der Waals surface area contributed by atoms with E-state index in [1.807, 2.05) is 12.1 Å². The summed E-state index contributed by atoms with van der Waals surface area (Å²) >= 11 is 12.4. The van der Waals surface area contributed by atoms with Gasteiger partial charge in [0.1, 0.15) is 0 Å². The van der Waals surface area contributed by atoms with E-state index in [1.165, 1.54) is 5.56 Å². The van der Waals surface area contributed by atoms with Crippen molar-refractivity contribution in [3.05, 3.63) is 35.9 Å². The van der Waals surface area contributed by atoms with Crippen LogP contribution in [0.3, 0.4) is 0 Å². The van der Waals surface area contributed by atoms with Crippen LogP contribution >= 0.6 is 23.2 Å². The van der Waals surface area contributed by atoms with Crippen LogP contribution in [0.15, 0.2) is 24.3 Å². The maximum absolute atomic E-state index is 6.26. The first kappa shape index (κ1) is 16.0. The van der Waals surface area contributed by atoms with Gasteiger partial charge in [0.05, 0.1) is 7.85 Å². The fourth-order valence-corrected chi connectivity index (χ4v) is 3.31. The maximum Gasteiger partial charge on any atom is 0.0724 e. The van der Waals surface area contributed by atoms with Crippen LogP contribution in [-0.4, -0.2) is 18.6 Å². The molecule has 0 nitrogen and oxygen atoms in total. The molecule has 0 heterocycles. The van der Waals surface area contributed by atoms with Crippen molar-refractivity contribution in [3.8, 4) is 0 Å². The molecule has 87 valence electrons. The van der Waals surface area contributed by atoms with Crippen LogP contribution in [-0.2, 0) is 39.1 Å². The minimum atomic E-state index is 0. The molecule has 4 atom stereocenters. The second-order valence-electron chi connectivity index (χ2n) is 4.46. The summed E-state index contributed by atoms with van der Waals surface area (Å²) in [5.41, 5.74) is 1.31. The van der Waals surface area contributed by atoms with E-state index in [-0.39, 0.29) is 49.3 Å². The number of benzene rings is 1. The molecule has 1 aliphatic rings. The molecule has 0 aliphatic heterocycles. The predicted octanol–water partition coefficient (Wildman–Crippen LogP) is 3.61. The number of hydrogen-bond acceptors (Lipinski definition) is 0. The number of alkyl halides is 2. The van der Waals surface area contributed by atoms with E-state index in [4.69, 9.17) is 31.0 Å². The minimum Gasteiger partial charge on any atom is -0.184 e. The molecular weight excluding hydrogens is 327 g/mol. The van der Waals surface area contributed by atoms with Gasteiger partial charge in [0.15, 0.2) is 0 Å². The van der Waals surface area contributed by atoms with Crippen molar-refractivity contribution in [2.45, 2.75) is 35.8 Å². The van der Waals surface area contributed by atoms with Crippen molar-refractivity contribution in [2.24, 2.45) is 5.92 Å². The Morgan fingerprint density at radius 3 is 2.41 bits per heavy atom. The molecule has 1 aromatic rings. The summed E-state index contributed by atoms with van der Waals surface area (Å²) in [7, 11) is 6.05. The molecule has 0 saturated heterocycles. The van der Waals surface area contributed by atoms with Gasteiger partial charge in [-0.3, -0.25) is 0 Å². The van der Waals surface area contributed by atoms with Gasteiger partial charge in [0.25, 0.3) is 0 Å². The van der Waals surface area contributed by atoms with Crippen molar-refractivity contribution < 1.29 is 32.7 Å². The standard InChI is InChI=1S/C13H14BCl2.Y/c14-13-10(11(15)8-12(13)16)7-6-9-4-2-1-3-5-9;/h2-5,10-13H,6-8H2;/q-1;. The first-order valence-electron chi connectivity index (χ1n) is 5.67. The minimum absolute atomic E-state index is 0. The smallest absolute Gasteiger partial charge is 0.0724 e. The van der Waals surface area contributed by atoms with E-state index in [0.29, 0.717) is 5.92 Å². The molecule has 2 rings (SSSR count). The largest absolute Gasteiger partial charge is 0.184 e. The zero-order valence-electron chi connectivity index (χ0n) is 9.65. The number of hydrogen-bond donors (Lipinski definition) is 0. The van der Waals surface area contributed by atoms with E-state index in [1.54, 1.807) is 0 Å². The SMILES string of the molecule is [B]C1C(Cl)CC(Cl)C1CCc1cc[c-]cc1.[Y]. The summed E-state index contributed by atoms with van der Waals surface area (Å²) in [5.74, 6) is 0.382. The maximum atomic E-state index is 6.26. The van der Waals surface area contributed by atoms with Crippen molar-refractivity contribution in [1.29, 1.82) is 0 Å². The summed E-state index contributed by atoms with van der Waals surface area (Å²) in [6, 6.07) is 11.1. The summed E-state index contributed by atoms with van der Waals surface area (Å²) in [6.45, 7) is 0. The van der Waals surface area contributed by atoms with E-state index in [0.717, 1.165) is 19.3 Å². The fraction of sp³-hybridized carbons (Fsp3) is 0.538. The van der Waals surface area contributed by atoms with Gasteiger partial charge in [-0.15, -0.1) is 23.2 Å². The average Bonchev–Trinajstić information content (AvgIpc) is 2.53. The Labute approximate surface area is 140 Å². The molecule has 0 amide bonds. The molecule has 0 bridgehead atoms. The molecule has 4 unspecified atom stereocenters. The molecule has 1 saturated carbocycles. The van der Waals surface area contributed by atoms with Gasteiger partial charge in [0.2, 0.25) is 0 Å². The van der Waals surface area contributed by atoms with E-state index in [9.17, 15) is 0 Å². The Kier molecular flexibility index (Phi) is 7.10. The van der Waals surface area contributed by atoms with Gasteiger partial charge >= 0.3 is 0 Å². The zero-order valence-corrected chi connectivity index (χ0v) is 14.0. The van der Waals surface area contributed by atoms with Crippen LogP contribution in [0.5, 0.6) is 0 Å². The molecular formula is C13H14BCl2Y-. The van der Waals surface area contributed by atoms with Gasteiger partial charge in [-0.2, -0.15) is 35.9 Å². The van der Waals surface area contributed by atoms with Gasteiger partial charge in [0, 0.05) is 43.5 Å². The molecule has 17 heavy (non-hydrogen) atoms. The number of rotatable bonds is 3. The average molecular weight is 341 g/mol. The number of aryl methyl sites for hydroxylation is 1. The Morgan fingerprint density at radius 1 is 1.24 bits per heavy atom. The quantitative estimate of drug-likeness (QED) is 0.448. The molecule has 0 aromatic heterocycles. The Balaban J connectivity index is 0.00000144. The molecule has 1 fully saturated rings. The Morgan fingerprint density at radius 2 is 1.88 bits per heavy atom. The number of halogens is 2. The van der Waals surface area contributed by atoms with Crippen molar-refractivity contribution >= 4 is 31.0 Å². The van der Waals surface area contributed by atoms with Gasteiger partial charge < -0.3 is 0 Å². The van der Waals surface area contributed by atoms with Gasteiger partial charge in [-0.25, -0.2) is 0 Å². The third-order valence-electron chi connectivity index (χ3n) is 3.38. The molecule has 0 N–H and O–H groups in total. The predicted molar refractivity (Wildman–Crippen MR) is 70.5 cm³/mol. The third kappa shape index (κ3) is 4.23. The van der Waals surface area contributed by atoms with Gasteiger partial charge in [-0.1, -0.05) is 12.2 Å². The van der Waals surface area contributed by atoms with Gasteiger partial charge in [-0.05, 0) is 18.8 Å². The van der Waals surface area contributed by atoms with E-state index in [2.05, 4.69) is 18.2 Å². The second-order valence-corrected chi connectivity index (χ2v) is 5.58. The van der Waals surface area contributed by atoms with Crippen LogP contribution in [0.1, 0.15) is 18.4 Å². The van der Waals surface area contributed by atoms with Crippen LogP contribution in [0.25, 0.3) is 0 Å². The Bertz CT molecular complexity index is 333. The van der Waals surface area contributed by atoms with E-state index < -0.39 is 0 Å². The van der Waals surface area contributed by atoms with E-state index >= 15 is 0 Å². The monoisotopic (exact) mass is 340 g/mol. The summed E-state index contributed by atoms with van der Waals surface area (Å²) in [6.07, 6.45) is 2.86. The summed E-state index contributed by atoms with van der Waals surface area (Å²) in [4.78, 5) is 0. The van der Waals surface area contributed by atoms with Crippen LogP contribution in [0, 0.1) is 12.0 Å². The van der Waals surface area contributed by atoms with Crippen LogP contribution < -0.4 is 0 Å². The van der Waals surface area contributed by atoms with Crippen molar-refractivity contribution in [3.63, 3.8) is 0 Å². The molecule has 4 heteroatoms. The molecule has 3 radical (unpaired) electrons. The molecule has 1 aromatic carbocycles. The first-order valence-corrected chi connectivity index (χ1v) is 6.54. The van der Waals surface area contributed by atoms with Crippen molar-refractivity contribution in [2.75, 3.05) is 0 Å². The Hall–Kier alpha value is 0.969.